The summed E-state index contributed by atoms with van der Waals surface area (Å²) >= 11 is 3.36. The van der Waals surface area contributed by atoms with Gasteiger partial charge in [0, 0.05) is 41.9 Å². The van der Waals surface area contributed by atoms with Gasteiger partial charge in [0.25, 0.3) is 5.89 Å². The molecule has 1 fully saturated rings. The van der Waals surface area contributed by atoms with Gasteiger partial charge in [0.05, 0.1) is 12.1 Å². The number of nitrogens with zero attached hydrogens (tertiary/aromatic N) is 4. The summed E-state index contributed by atoms with van der Waals surface area (Å²) in [4.78, 5) is 20.6. The third kappa shape index (κ3) is 5.46. The van der Waals surface area contributed by atoms with Crippen LogP contribution in [0.1, 0.15) is 11.4 Å². The molecular weight excluding hydrogens is 491 g/mol. The Labute approximate surface area is 190 Å². The van der Waals surface area contributed by atoms with Crippen molar-refractivity contribution >= 4 is 27.6 Å². The number of piperazine rings is 1. The number of carbonyl (C=O) groups excluding carboxylic acids is 1. The molecule has 0 atom stereocenters. The molecule has 0 spiro atoms. The van der Waals surface area contributed by atoms with Gasteiger partial charge in [0.2, 0.25) is 0 Å². The lowest BCUT2D eigenvalue weighted by Crippen LogP contribution is -2.49. The second-order valence-corrected chi connectivity index (χ2v) is 8.21. The van der Waals surface area contributed by atoms with E-state index in [1.54, 1.807) is 4.90 Å². The zero-order valence-corrected chi connectivity index (χ0v) is 18.4. The highest BCUT2D eigenvalue weighted by molar-refractivity contribution is 9.10. The lowest BCUT2D eigenvalue weighted by atomic mass is 10.1. The third-order valence-corrected chi connectivity index (χ3v) is 5.58. The first-order valence-corrected chi connectivity index (χ1v) is 10.6. The van der Waals surface area contributed by atoms with Gasteiger partial charge < -0.3 is 14.7 Å². The van der Waals surface area contributed by atoms with E-state index < -0.39 is 11.7 Å². The second kappa shape index (κ2) is 9.29. The molecule has 32 heavy (non-hydrogen) atoms. The molecule has 0 unspecified atom stereocenters. The van der Waals surface area contributed by atoms with Gasteiger partial charge in [0.1, 0.15) is 0 Å². The molecule has 168 valence electrons. The maximum atomic E-state index is 12.7. The molecule has 3 aromatic rings. The van der Waals surface area contributed by atoms with E-state index in [0.717, 1.165) is 22.3 Å². The van der Waals surface area contributed by atoms with E-state index in [9.17, 15) is 18.0 Å². The fraction of sp³-hybridized carbons (Fsp3) is 0.286. The van der Waals surface area contributed by atoms with Gasteiger partial charge in [-0.1, -0.05) is 21.1 Å². The van der Waals surface area contributed by atoms with Crippen molar-refractivity contribution in [2.24, 2.45) is 0 Å². The number of aromatic nitrogens is 2. The highest BCUT2D eigenvalue weighted by Crippen LogP contribution is 2.30. The number of halogens is 4. The van der Waals surface area contributed by atoms with Crippen molar-refractivity contribution in [3.05, 3.63) is 64.4 Å². The predicted molar refractivity (Wildman–Crippen MR) is 115 cm³/mol. The molecule has 2 heterocycles. The number of carbonyl (C=O) groups is 1. The number of anilines is 1. The normalized spacial score (nSPS) is 15.1. The van der Waals surface area contributed by atoms with Crippen molar-refractivity contribution in [3.63, 3.8) is 0 Å². The van der Waals surface area contributed by atoms with Crippen LogP contribution in [-0.4, -0.2) is 52.2 Å². The van der Waals surface area contributed by atoms with Gasteiger partial charge in [-0.2, -0.15) is 18.2 Å². The van der Waals surface area contributed by atoms with Crippen LogP contribution in [0.2, 0.25) is 0 Å². The minimum Gasteiger partial charge on any atom is -0.334 e. The standard InChI is InChI=1S/C21H19BrF3N5O2/c22-16-5-7-17(8-6-16)26-20(31)30-11-9-29(10-12-30)13-18-27-19(32-28-18)14-1-3-15(4-2-14)21(23,24)25/h1-8H,9-13H2,(H,26,31). The van der Waals surface area contributed by atoms with Gasteiger partial charge in [-0.25, -0.2) is 4.79 Å². The number of nitrogens with one attached hydrogen (secondary N) is 1. The van der Waals surface area contributed by atoms with Gasteiger partial charge in [-0.3, -0.25) is 4.90 Å². The van der Waals surface area contributed by atoms with Crippen LogP contribution in [0.3, 0.4) is 0 Å². The van der Waals surface area contributed by atoms with Crippen molar-refractivity contribution in [1.29, 1.82) is 0 Å². The zero-order chi connectivity index (χ0) is 22.7. The molecule has 7 nitrogen and oxygen atoms in total. The molecule has 1 aliphatic heterocycles. The van der Waals surface area contributed by atoms with Crippen molar-refractivity contribution in [3.8, 4) is 11.5 Å². The van der Waals surface area contributed by atoms with Crippen LogP contribution in [0.15, 0.2) is 57.5 Å². The van der Waals surface area contributed by atoms with E-state index in [4.69, 9.17) is 4.52 Å². The molecule has 0 bridgehead atoms. The fourth-order valence-electron chi connectivity index (χ4n) is 3.28. The Hall–Kier alpha value is -2.92. The van der Waals surface area contributed by atoms with E-state index in [1.165, 1.54) is 12.1 Å². The largest absolute Gasteiger partial charge is 0.416 e. The van der Waals surface area contributed by atoms with Gasteiger partial charge >= 0.3 is 12.2 Å². The number of hydrogen-bond acceptors (Lipinski definition) is 5. The molecule has 2 amide bonds. The average Bonchev–Trinajstić information content (AvgIpc) is 3.24. The lowest BCUT2D eigenvalue weighted by molar-refractivity contribution is -0.137. The van der Waals surface area contributed by atoms with Gasteiger partial charge in [-0.15, -0.1) is 0 Å². The molecule has 0 radical (unpaired) electrons. The van der Waals surface area contributed by atoms with Crippen molar-refractivity contribution < 1.29 is 22.5 Å². The smallest absolute Gasteiger partial charge is 0.334 e. The minimum atomic E-state index is -4.39. The van der Waals surface area contributed by atoms with Crippen LogP contribution in [0.25, 0.3) is 11.5 Å². The van der Waals surface area contributed by atoms with Crippen LogP contribution in [0.5, 0.6) is 0 Å². The Morgan fingerprint density at radius 3 is 2.31 bits per heavy atom. The molecule has 1 aromatic heterocycles. The summed E-state index contributed by atoms with van der Waals surface area (Å²) in [6.45, 7) is 2.79. The Kier molecular flexibility index (Phi) is 6.47. The van der Waals surface area contributed by atoms with Crippen LogP contribution in [0.4, 0.5) is 23.7 Å². The Balaban J connectivity index is 1.29. The Bertz CT molecular complexity index is 1060. The van der Waals surface area contributed by atoms with E-state index in [-0.39, 0.29) is 11.9 Å². The monoisotopic (exact) mass is 509 g/mol. The van der Waals surface area contributed by atoms with E-state index in [0.29, 0.717) is 44.1 Å². The first-order chi connectivity index (χ1) is 15.3. The summed E-state index contributed by atoms with van der Waals surface area (Å²) in [5, 5.41) is 6.80. The van der Waals surface area contributed by atoms with Crippen molar-refractivity contribution in [1.82, 2.24) is 19.9 Å². The average molecular weight is 510 g/mol. The number of hydrogen-bond donors (Lipinski definition) is 1. The maximum Gasteiger partial charge on any atom is 0.416 e. The number of benzene rings is 2. The van der Waals surface area contributed by atoms with Gasteiger partial charge in [0.15, 0.2) is 5.82 Å². The first-order valence-electron chi connectivity index (χ1n) is 9.82. The quantitative estimate of drug-likeness (QED) is 0.543. The van der Waals surface area contributed by atoms with Crippen LogP contribution < -0.4 is 5.32 Å². The Morgan fingerprint density at radius 1 is 1.03 bits per heavy atom. The molecule has 1 aliphatic rings. The molecule has 1 N–H and O–H groups in total. The predicted octanol–water partition coefficient (Wildman–Crippen LogP) is 4.87. The third-order valence-electron chi connectivity index (χ3n) is 5.05. The first kappa shape index (κ1) is 22.3. The molecule has 1 saturated heterocycles. The fourth-order valence-corrected chi connectivity index (χ4v) is 3.55. The summed E-state index contributed by atoms with van der Waals surface area (Å²) in [6, 6.07) is 11.8. The summed E-state index contributed by atoms with van der Waals surface area (Å²) in [5.74, 6) is 0.605. The molecule has 0 aliphatic carbocycles. The van der Waals surface area contributed by atoms with E-state index in [2.05, 4.69) is 36.3 Å². The van der Waals surface area contributed by atoms with E-state index in [1.807, 2.05) is 24.3 Å². The molecule has 0 saturated carbocycles. The molecular formula is C21H19BrF3N5O2. The second-order valence-electron chi connectivity index (χ2n) is 7.29. The zero-order valence-electron chi connectivity index (χ0n) is 16.8. The lowest BCUT2D eigenvalue weighted by Gasteiger charge is -2.34. The van der Waals surface area contributed by atoms with Crippen molar-refractivity contribution in [2.45, 2.75) is 12.7 Å². The van der Waals surface area contributed by atoms with Crippen molar-refractivity contribution in [2.75, 3.05) is 31.5 Å². The summed E-state index contributed by atoms with van der Waals surface area (Å²) in [6.07, 6.45) is -4.39. The minimum absolute atomic E-state index is 0.156. The molecule has 4 rings (SSSR count). The highest BCUT2D eigenvalue weighted by atomic mass is 79.9. The number of urea groups is 1. The number of rotatable bonds is 4. The van der Waals surface area contributed by atoms with Crippen LogP contribution >= 0.6 is 15.9 Å². The summed E-state index contributed by atoms with van der Waals surface area (Å²) in [5.41, 5.74) is 0.414. The van der Waals surface area contributed by atoms with E-state index >= 15 is 0 Å². The maximum absolute atomic E-state index is 12.7. The number of amides is 2. The SMILES string of the molecule is O=C(Nc1ccc(Br)cc1)N1CCN(Cc2noc(-c3ccc(C(F)(F)F)cc3)n2)CC1. The highest BCUT2D eigenvalue weighted by Gasteiger charge is 2.30. The topological polar surface area (TPSA) is 74.5 Å². The van der Waals surface area contributed by atoms with Gasteiger partial charge in [-0.05, 0) is 48.5 Å². The number of alkyl halides is 3. The molecule has 11 heteroatoms. The summed E-state index contributed by atoms with van der Waals surface area (Å²) < 4.78 is 44.2. The van der Waals surface area contributed by atoms with Crippen LogP contribution in [0, 0.1) is 0 Å². The van der Waals surface area contributed by atoms with Crippen LogP contribution in [-0.2, 0) is 12.7 Å². The Morgan fingerprint density at radius 2 is 1.69 bits per heavy atom. The molecule has 2 aromatic carbocycles. The summed E-state index contributed by atoms with van der Waals surface area (Å²) in [7, 11) is 0.